The molecule has 1 aromatic carbocycles. The lowest BCUT2D eigenvalue weighted by atomic mass is 10.1. The molecule has 5 nitrogen and oxygen atoms in total. The fourth-order valence-corrected chi connectivity index (χ4v) is 2.52. The van der Waals surface area contributed by atoms with Gasteiger partial charge in [0.1, 0.15) is 6.04 Å². The largest absolute Gasteiger partial charge is 0.295 e. The fraction of sp³-hybridized carbons (Fsp3) is 0.250. The van der Waals surface area contributed by atoms with E-state index in [-0.39, 0.29) is 11.8 Å². The first-order chi connectivity index (χ1) is 8.65. The normalized spacial score (nSPS) is 20.2. The number of carbonyl (C=O) groups excluding carboxylic acids is 2. The van der Waals surface area contributed by atoms with Crippen LogP contribution in [0.1, 0.15) is 18.9 Å². The van der Waals surface area contributed by atoms with Crippen LogP contribution in [-0.4, -0.2) is 21.6 Å². The number of halogens is 1. The minimum Gasteiger partial charge on any atom is -0.295 e. The SMILES string of the molecule is O=C1CCC(n2ncc3ccc(Br)cc32)C(=O)N1. The van der Waals surface area contributed by atoms with E-state index in [1.807, 2.05) is 18.2 Å². The van der Waals surface area contributed by atoms with Gasteiger partial charge in [0.15, 0.2) is 0 Å². The highest BCUT2D eigenvalue weighted by Gasteiger charge is 2.29. The number of carbonyl (C=O) groups is 2. The zero-order valence-corrected chi connectivity index (χ0v) is 11.0. The van der Waals surface area contributed by atoms with Crippen molar-refractivity contribution in [2.24, 2.45) is 0 Å². The zero-order valence-electron chi connectivity index (χ0n) is 9.39. The van der Waals surface area contributed by atoms with Crippen LogP contribution in [0.5, 0.6) is 0 Å². The Morgan fingerprint density at radius 2 is 2.22 bits per heavy atom. The van der Waals surface area contributed by atoms with Gasteiger partial charge >= 0.3 is 0 Å². The topological polar surface area (TPSA) is 64.0 Å². The molecule has 0 aliphatic carbocycles. The Labute approximate surface area is 111 Å². The van der Waals surface area contributed by atoms with Gasteiger partial charge < -0.3 is 0 Å². The van der Waals surface area contributed by atoms with Crippen LogP contribution in [0, 0.1) is 0 Å². The van der Waals surface area contributed by atoms with Gasteiger partial charge in [0.2, 0.25) is 5.91 Å². The van der Waals surface area contributed by atoms with Crippen molar-refractivity contribution in [1.29, 1.82) is 0 Å². The third-order valence-corrected chi connectivity index (χ3v) is 3.56. The monoisotopic (exact) mass is 307 g/mol. The average molecular weight is 308 g/mol. The van der Waals surface area contributed by atoms with Crippen molar-refractivity contribution in [1.82, 2.24) is 15.1 Å². The average Bonchev–Trinajstić information content (AvgIpc) is 2.72. The summed E-state index contributed by atoms with van der Waals surface area (Å²) < 4.78 is 2.62. The van der Waals surface area contributed by atoms with E-state index < -0.39 is 6.04 Å². The van der Waals surface area contributed by atoms with E-state index in [2.05, 4.69) is 26.3 Å². The van der Waals surface area contributed by atoms with Crippen molar-refractivity contribution >= 4 is 38.6 Å². The first-order valence-corrected chi connectivity index (χ1v) is 6.41. The number of benzene rings is 1. The van der Waals surface area contributed by atoms with E-state index in [1.54, 1.807) is 10.9 Å². The number of nitrogens with zero attached hydrogens (tertiary/aromatic N) is 2. The third kappa shape index (κ3) is 1.82. The molecule has 1 aliphatic heterocycles. The van der Waals surface area contributed by atoms with E-state index in [0.717, 1.165) is 15.4 Å². The smallest absolute Gasteiger partial charge is 0.251 e. The van der Waals surface area contributed by atoms with Crippen molar-refractivity contribution in [2.45, 2.75) is 18.9 Å². The molecular formula is C12H10BrN3O2. The molecule has 1 N–H and O–H groups in total. The lowest BCUT2D eigenvalue weighted by molar-refractivity contribution is -0.135. The Balaban J connectivity index is 2.06. The van der Waals surface area contributed by atoms with Crippen LogP contribution >= 0.6 is 15.9 Å². The van der Waals surface area contributed by atoms with Gasteiger partial charge in [-0.25, -0.2) is 0 Å². The van der Waals surface area contributed by atoms with Crippen LogP contribution in [0.25, 0.3) is 10.9 Å². The van der Waals surface area contributed by atoms with E-state index in [9.17, 15) is 9.59 Å². The van der Waals surface area contributed by atoms with Crippen molar-refractivity contribution in [3.63, 3.8) is 0 Å². The predicted molar refractivity (Wildman–Crippen MR) is 68.9 cm³/mol. The predicted octanol–water partition coefficient (Wildman–Crippen LogP) is 1.78. The molecule has 1 aliphatic rings. The summed E-state index contributed by atoms with van der Waals surface area (Å²) in [5.74, 6) is -0.495. The lowest BCUT2D eigenvalue weighted by Crippen LogP contribution is -2.42. The fourth-order valence-electron chi connectivity index (χ4n) is 2.17. The Hall–Kier alpha value is -1.69. The van der Waals surface area contributed by atoms with Crippen molar-refractivity contribution in [2.75, 3.05) is 0 Å². The van der Waals surface area contributed by atoms with Gasteiger partial charge in [0, 0.05) is 16.3 Å². The second-order valence-corrected chi connectivity index (χ2v) is 5.17. The molecule has 1 fully saturated rings. The molecule has 0 saturated carbocycles. The quantitative estimate of drug-likeness (QED) is 0.817. The molecule has 6 heteroatoms. The number of piperidine rings is 1. The molecule has 2 aromatic rings. The van der Waals surface area contributed by atoms with Crippen LogP contribution in [-0.2, 0) is 9.59 Å². The number of hydrogen-bond donors (Lipinski definition) is 1. The van der Waals surface area contributed by atoms with Crippen molar-refractivity contribution in [3.05, 3.63) is 28.9 Å². The molecule has 1 aromatic heterocycles. The van der Waals surface area contributed by atoms with Gasteiger partial charge in [0.25, 0.3) is 5.91 Å². The molecule has 1 unspecified atom stereocenters. The summed E-state index contributed by atoms with van der Waals surface area (Å²) in [7, 11) is 0. The van der Waals surface area contributed by atoms with E-state index in [0.29, 0.717) is 12.8 Å². The van der Waals surface area contributed by atoms with E-state index >= 15 is 0 Å². The number of amides is 2. The number of fused-ring (bicyclic) bond motifs is 1. The van der Waals surface area contributed by atoms with Crippen LogP contribution in [0.3, 0.4) is 0 Å². The number of aromatic nitrogens is 2. The summed E-state index contributed by atoms with van der Waals surface area (Å²) in [4.78, 5) is 23.0. The zero-order chi connectivity index (χ0) is 12.7. The summed E-state index contributed by atoms with van der Waals surface area (Å²) in [5.41, 5.74) is 0.888. The number of imide groups is 1. The van der Waals surface area contributed by atoms with Gasteiger partial charge in [0.05, 0.1) is 11.7 Å². The molecule has 3 rings (SSSR count). The van der Waals surface area contributed by atoms with Crippen LogP contribution in [0.15, 0.2) is 28.9 Å². The second kappa shape index (κ2) is 4.20. The van der Waals surface area contributed by atoms with Crippen molar-refractivity contribution in [3.8, 4) is 0 Å². The summed E-state index contributed by atoms with van der Waals surface area (Å²) >= 11 is 3.40. The highest BCUT2D eigenvalue weighted by molar-refractivity contribution is 9.10. The van der Waals surface area contributed by atoms with Crippen LogP contribution in [0.4, 0.5) is 0 Å². The van der Waals surface area contributed by atoms with Gasteiger partial charge in [-0.3, -0.25) is 19.6 Å². The van der Waals surface area contributed by atoms with E-state index in [4.69, 9.17) is 0 Å². The van der Waals surface area contributed by atoms with Gasteiger partial charge in [-0.2, -0.15) is 5.10 Å². The highest BCUT2D eigenvalue weighted by Crippen LogP contribution is 2.25. The van der Waals surface area contributed by atoms with Crippen LogP contribution < -0.4 is 5.32 Å². The summed E-state index contributed by atoms with van der Waals surface area (Å²) in [6, 6.07) is 5.38. The van der Waals surface area contributed by atoms with Gasteiger partial charge in [-0.05, 0) is 18.6 Å². The second-order valence-electron chi connectivity index (χ2n) is 4.26. The summed E-state index contributed by atoms with van der Waals surface area (Å²) in [6.45, 7) is 0. The molecule has 2 heterocycles. The summed E-state index contributed by atoms with van der Waals surface area (Å²) in [6.07, 6.45) is 2.57. The molecule has 1 atom stereocenters. The summed E-state index contributed by atoms with van der Waals surface area (Å²) in [5, 5.41) is 7.58. The Bertz CT molecular complexity index is 650. The van der Waals surface area contributed by atoms with Crippen LogP contribution in [0.2, 0.25) is 0 Å². The minimum atomic E-state index is -0.408. The maximum atomic E-state index is 11.8. The molecule has 18 heavy (non-hydrogen) atoms. The molecule has 2 amide bonds. The molecule has 1 saturated heterocycles. The first kappa shape index (κ1) is 11.4. The Morgan fingerprint density at radius 3 is 3.00 bits per heavy atom. The number of hydrogen-bond acceptors (Lipinski definition) is 3. The molecule has 0 radical (unpaired) electrons. The van der Waals surface area contributed by atoms with Gasteiger partial charge in [-0.1, -0.05) is 22.0 Å². The number of rotatable bonds is 1. The molecular weight excluding hydrogens is 298 g/mol. The Kier molecular flexibility index (Phi) is 2.66. The maximum absolute atomic E-state index is 11.8. The third-order valence-electron chi connectivity index (χ3n) is 3.07. The molecule has 0 bridgehead atoms. The van der Waals surface area contributed by atoms with E-state index in [1.165, 1.54) is 0 Å². The highest BCUT2D eigenvalue weighted by atomic mass is 79.9. The Morgan fingerprint density at radius 1 is 1.39 bits per heavy atom. The minimum absolute atomic E-state index is 0.214. The first-order valence-electron chi connectivity index (χ1n) is 5.61. The standard InChI is InChI=1S/C12H10BrN3O2/c13-8-2-1-7-6-14-16(10(7)5-8)9-3-4-11(17)15-12(9)18/h1-2,5-6,9H,3-4H2,(H,15,17,18). The lowest BCUT2D eigenvalue weighted by Gasteiger charge is -2.21. The van der Waals surface area contributed by atoms with Gasteiger partial charge in [-0.15, -0.1) is 0 Å². The maximum Gasteiger partial charge on any atom is 0.251 e. The number of nitrogens with one attached hydrogen (secondary N) is 1. The molecule has 0 spiro atoms. The molecule has 92 valence electrons. The van der Waals surface area contributed by atoms with Crippen molar-refractivity contribution < 1.29 is 9.59 Å².